The van der Waals surface area contributed by atoms with Crippen molar-refractivity contribution in [2.75, 3.05) is 13.2 Å². The Labute approximate surface area is 169 Å². The second-order valence-electron chi connectivity index (χ2n) is 6.41. The van der Waals surface area contributed by atoms with E-state index < -0.39 is 36.2 Å². The number of benzene rings is 1. The average molecular weight is 445 g/mol. The standard InChI is InChI=1S/C18H12F5N3O3S/c19-10-1-2-12(11(20)6-10)28-8-15(27)26-4-3-13-9(7-26)5-14(30-13)16-24-17(29-25-16)18(21,22)23/h1-2,5-6H,3-4,7-8H2. The van der Waals surface area contributed by atoms with Gasteiger partial charge in [0.1, 0.15) is 5.82 Å². The van der Waals surface area contributed by atoms with E-state index in [1.165, 1.54) is 16.2 Å². The minimum Gasteiger partial charge on any atom is -0.481 e. The Kier molecular flexibility index (Phi) is 5.18. The molecule has 0 saturated heterocycles. The Morgan fingerprint density at radius 3 is 2.77 bits per heavy atom. The molecule has 1 amide bonds. The zero-order valence-corrected chi connectivity index (χ0v) is 15.8. The molecule has 4 rings (SSSR count). The van der Waals surface area contributed by atoms with Crippen molar-refractivity contribution in [1.29, 1.82) is 0 Å². The summed E-state index contributed by atoms with van der Waals surface area (Å²) in [6.45, 7) is 0.139. The van der Waals surface area contributed by atoms with E-state index in [-0.39, 0.29) is 18.1 Å². The van der Waals surface area contributed by atoms with Crippen molar-refractivity contribution in [3.8, 4) is 16.5 Å². The van der Waals surface area contributed by atoms with Gasteiger partial charge in [-0.3, -0.25) is 4.79 Å². The number of amides is 1. The van der Waals surface area contributed by atoms with Crippen molar-refractivity contribution >= 4 is 17.2 Å². The molecule has 1 aliphatic heterocycles. The summed E-state index contributed by atoms with van der Waals surface area (Å²) in [4.78, 5) is 18.6. The summed E-state index contributed by atoms with van der Waals surface area (Å²) in [7, 11) is 0. The first-order valence-electron chi connectivity index (χ1n) is 8.59. The van der Waals surface area contributed by atoms with E-state index in [4.69, 9.17) is 4.74 Å². The van der Waals surface area contributed by atoms with Crippen molar-refractivity contribution in [1.82, 2.24) is 15.0 Å². The fourth-order valence-corrected chi connectivity index (χ4v) is 4.01. The number of halogens is 5. The summed E-state index contributed by atoms with van der Waals surface area (Å²) in [5.41, 5.74) is 0.751. The first kappa shape index (κ1) is 20.3. The first-order chi connectivity index (χ1) is 14.2. The molecule has 0 spiro atoms. The molecular weight excluding hydrogens is 433 g/mol. The van der Waals surface area contributed by atoms with E-state index in [0.29, 0.717) is 23.9 Å². The van der Waals surface area contributed by atoms with Gasteiger partial charge in [-0.05, 0) is 30.2 Å². The van der Waals surface area contributed by atoms with E-state index in [0.717, 1.165) is 22.6 Å². The molecule has 30 heavy (non-hydrogen) atoms. The zero-order valence-electron chi connectivity index (χ0n) is 15.0. The fraction of sp³-hybridized carbons (Fsp3) is 0.278. The van der Waals surface area contributed by atoms with E-state index in [9.17, 15) is 26.7 Å². The van der Waals surface area contributed by atoms with Crippen LogP contribution in [0.3, 0.4) is 0 Å². The predicted molar refractivity (Wildman–Crippen MR) is 93.6 cm³/mol. The minimum absolute atomic E-state index is 0.172. The van der Waals surface area contributed by atoms with Gasteiger partial charge in [-0.15, -0.1) is 11.3 Å². The lowest BCUT2D eigenvalue weighted by atomic mass is 10.1. The van der Waals surface area contributed by atoms with Gasteiger partial charge in [0.25, 0.3) is 5.91 Å². The normalized spacial score (nSPS) is 14.0. The van der Waals surface area contributed by atoms with Gasteiger partial charge in [0, 0.05) is 24.0 Å². The van der Waals surface area contributed by atoms with E-state index in [2.05, 4.69) is 14.7 Å². The second kappa shape index (κ2) is 7.67. The number of fused-ring (bicyclic) bond motifs is 1. The number of carbonyl (C=O) groups is 1. The molecule has 0 atom stereocenters. The van der Waals surface area contributed by atoms with Gasteiger partial charge in [-0.25, -0.2) is 8.78 Å². The third-order valence-electron chi connectivity index (χ3n) is 4.35. The van der Waals surface area contributed by atoms with Crippen molar-refractivity contribution in [2.24, 2.45) is 0 Å². The summed E-state index contributed by atoms with van der Waals surface area (Å²) >= 11 is 1.23. The SMILES string of the molecule is O=C(COc1ccc(F)cc1F)N1CCc2sc(-c3noc(C(F)(F)F)n3)cc2C1. The van der Waals surface area contributed by atoms with Crippen LogP contribution in [0.25, 0.3) is 10.7 Å². The zero-order chi connectivity index (χ0) is 21.5. The Bertz CT molecular complexity index is 1100. The van der Waals surface area contributed by atoms with Crippen LogP contribution in [0.2, 0.25) is 0 Å². The molecular formula is C18H12F5N3O3S. The van der Waals surface area contributed by atoms with Crippen molar-refractivity contribution in [3.63, 3.8) is 0 Å². The number of thiophene rings is 1. The molecule has 0 bridgehead atoms. The van der Waals surface area contributed by atoms with Crippen LogP contribution in [-0.2, 0) is 23.9 Å². The fourth-order valence-electron chi connectivity index (χ4n) is 2.92. The number of hydrogen-bond donors (Lipinski definition) is 0. The van der Waals surface area contributed by atoms with Gasteiger partial charge in [0.15, 0.2) is 18.2 Å². The monoisotopic (exact) mass is 445 g/mol. The number of rotatable bonds is 4. The highest BCUT2D eigenvalue weighted by atomic mass is 32.1. The number of hydrogen-bond acceptors (Lipinski definition) is 6. The summed E-state index contributed by atoms with van der Waals surface area (Å²) in [5, 5.41) is 3.37. The van der Waals surface area contributed by atoms with Crippen LogP contribution in [0.4, 0.5) is 22.0 Å². The molecule has 1 aliphatic rings. The second-order valence-corrected chi connectivity index (χ2v) is 7.55. The molecule has 2 aromatic heterocycles. The summed E-state index contributed by atoms with van der Waals surface area (Å²) in [6.07, 6.45) is -4.24. The van der Waals surface area contributed by atoms with Crippen molar-refractivity contribution in [3.05, 3.63) is 52.2 Å². The largest absolute Gasteiger partial charge is 0.481 e. The lowest BCUT2D eigenvalue weighted by molar-refractivity contribution is -0.159. The Morgan fingerprint density at radius 2 is 2.07 bits per heavy atom. The predicted octanol–water partition coefficient (Wildman–Crippen LogP) is 4.06. The van der Waals surface area contributed by atoms with Gasteiger partial charge in [0.05, 0.1) is 4.88 Å². The lowest BCUT2D eigenvalue weighted by Gasteiger charge is -2.26. The molecule has 0 radical (unpaired) electrons. The minimum atomic E-state index is -4.73. The van der Waals surface area contributed by atoms with Crippen LogP contribution in [0.15, 0.2) is 28.8 Å². The van der Waals surface area contributed by atoms with Crippen LogP contribution in [-0.4, -0.2) is 34.1 Å². The maximum absolute atomic E-state index is 13.6. The van der Waals surface area contributed by atoms with Crippen molar-refractivity contribution in [2.45, 2.75) is 19.1 Å². The molecule has 0 saturated carbocycles. The van der Waals surface area contributed by atoms with Crippen molar-refractivity contribution < 1.29 is 36.0 Å². The van der Waals surface area contributed by atoms with Crippen LogP contribution in [0.1, 0.15) is 16.3 Å². The summed E-state index contributed by atoms with van der Waals surface area (Å²) < 4.78 is 73.8. The molecule has 158 valence electrons. The smallest absolute Gasteiger partial charge is 0.471 e. The topological polar surface area (TPSA) is 68.5 Å². The Morgan fingerprint density at radius 1 is 1.27 bits per heavy atom. The Hall–Kier alpha value is -3.02. The molecule has 3 heterocycles. The van der Waals surface area contributed by atoms with Crippen LogP contribution >= 0.6 is 11.3 Å². The van der Waals surface area contributed by atoms with E-state index in [1.807, 2.05) is 0 Å². The number of nitrogens with zero attached hydrogens (tertiary/aromatic N) is 3. The Balaban J connectivity index is 1.42. The molecule has 0 unspecified atom stereocenters. The average Bonchev–Trinajstić information content (AvgIpc) is 3.33. The van der Waals surface area contributed by atoms with Gasteiger partial charge in [-0.2, -0.15) is 18.2 Å². The summed E-state index contributed by atoms with van der Waals surface area (Å²) in [5.74, 6) is -3.91. The van der Waals surface area contributed by atoms with Gasteiger partial charge < -0.3 is 14.2 Å². The van der Waals surface area contributed by atoms with Crippen LogP contribution in [0.5, 0.6) is 5.75 Å². The van der Waals surface area contributed by atoms with Gasteiger partial charge in [0.2, 0.25) is 5.82 Å². The third-order valence-corrected chi connectivity index (χ3v) is 5.59. The third kappa shape index (κ3) is 4.13. The van der Waals surface area contributed by atoms with Gasteiger partial charge in [-0.1, -0.05) is 5.16 Å². The van der Waals surface area contributed by atoms with Gasteiger partial charge >= 0.3 is 12.1 Å². The molecule has 1 aromatic carbocycles. The highest BCUT2D eigenvalue weighted by Gasteiger charge is 2.38. The number of aromatic nitrogens is 2. The summed E-state index contributed by atoms with van der Waals surface area (Å²) in [6, 6.07) is 4.38. The maximum atomic E-state index is 13.6. The molecule has 12 heteroatoms. The number of carbonyl (C=O) groups excluding carboxylic acids is 1. The molecule has 0 fully saturated rings. The highest BCUT2D eigenvalue weighted by Crippen LogP contribution is 2.35. The quantitative estimate of drug-likeness (QED) is 0.567. The lowest BCUT2D eigenvalue weighted by Crippen LogP contribution is -2.38. The highest BCUT2D eigenvalue weighted by molar-refractivity contribution is 7.15. The number of ether oxygens (including phenoxy) is 1. The van der Waals surface area contributed by atoms with Crippen LogP contribution < -0.4 is 4.74 Å². The maximum Gasteiger partial charge on any atom is 0.471 e. The van der Waals surface area contributed by atoms with Crippen LogP contribution in [0, 0.1) is 11.6 Å². The first-order valence-corrected chi connectivity index (χ1v) is 9.41. The molecule has 6 nitrogen and oxygen atoms in total. The molecule has 0 N–H and O–H groups in total. The van der Waals surface area contributed by atoms with E-state index in [1.54, 1.807) is 6.07 Å². The number of alkyl halides is 3. The van der Waals surface area contributed by atoms with E-state index >= 15 is 0 Å². The molecule has 3 aromatic rings. The molecule has 0 aliphatic carbocycles.